The summed E-state index contributed by atoms with van der Waals surface area (Å²) in [4.78, 5) is 15.0. The van der Waals surface area contributed by atoms with E-state index in [9.17, 15) is 0 Å². The molecule has 0 unspecified atom stereocenters. The summed E-state index contributed by atoms with van der Waals surface area (Å²) in [5, 5.41) is 4.13. The summed E-state index contributed by atoms with van der Waals surface area (Å²) < 4.78 is 5.48. The first-order valence-electron chi connectivity index (χ1n) is 8.40. The van der Waals surface area contributed by atoms with Crippen molar-refractivity contribution in [1.29, 1.82) is 0 Å². The first-order valence-corrected chi connectivity index (χ1v) is 8.40. The van der Waals surface area contributed by atoms with Crippen molar-refractivity contribution in [3.05, 3.63) is 35.9 Å². The topological polar surface area (TPSA) is 70.8 Å². The fourth-order valence-corrected chi connectivity index (χ4v) is 3.40. The maximum atomic E-state index is 5.48. The summed E-state index contributed by atoms with van der Waals surface area (Å²) in [5.41, 5.74) is 2.14. The Morgan fingerprint density at radius 3 is 2.87 bits per heavy atom. The molecule has 1 aliphatic heterocycles. The zero-order valence-corrected chi connectivity index (χ0v) is 12.9. The first kappa shape index (κ1) is 13.1. The molecule has 0 amide bonds. The smallest absolute Gasteiger partial charge is 0.324 e. The third-order valence-electron chi connectivity index (χ3n) is 4.86. The fourth-order valence-electron chi connectivity index (χ4n) is 3.40. The molecule has 2 aliphatic rings. The quantitative estimate of drug-likeness (QED) is 0.804. The van der Waals surface area contributed by atoms with Gasteiger partial charge in [-0.2, -0.15) is 4.98 Å². The van der Waals surface area contributed by atoms with E-state index in [1.54, 1.807) is 0 Å². The molecule has 6 nitrogen and oxygen atoms in total. The monoisotopic (exact) mass is 309 g/mol. The minimum Gasteiger partial charge on any atom is -0.342 e. The number of para-hydroxylation sites is 2. The number of anilines is 1. The number of piperidine rings is 1. The van der Waals surface area contributed by atoms with Crippen LogP contribution in [0.2, 0.25) is 0 Å². The normalized spacial score (nSPS) is 21.9. The summed E-state index contributed by atoms with van der Waals surface area (Å²) in [7, 11) is 0. The number of nitrogens with one attached hydrogen (secondary N) is 1. The highest BCUT2D eigenvalue weighted by Crippen LogP contribution is 2.39. The highest BCUT2D eigenvalue weighted by atomic mass is 16.5. The van der Waals surface area contributed by atoms with Crippen LogP contribution in [-0.2, 0) is 0 Å². The molecule has 3 heterocycles. The molecule has 1 atom stereocenters. The van der Waals surface area contributed by atoms with Gasteiger partial charge in [0.15, 0.2) is 5.82 Å². The van der Waals surface area contributed by atoms with Crippen LogP contribution in [0.4, 0.5) is 6.01 Å². The van der Waals surface area contributed by atoms with E-state index in [2.05, 4.69) is 32.2 Å². The lowest BCUT2D eigenvalue weighted by Crippen LogP contribution is -2.35. The Morgan fingerprint density at radius 2 is 2.00 bits per heavy atom. The molecular formula is C17H19N5O. The lowest BCUT2D eigenvalue weighted by Gasteiger charge is -2.30. The predicted octanol–water partition coefficient (Wildman–Crippen LogP) is 3.21. The molecule has 2 aromatic heterocycles. The van der Waals surface area contributed by atoms with Gasteiger partial charge in [0.05, 0.1) is 11.0 Å². The van der Waals surface area contributed by atoms with E-state index in [-0.39, 0.29) is 0 Å². The highest BCUT2D eigenvalue weighted by molar-refractivity contribution is 5.74. The van der Waals surface area contributed by atoms with Crippen LogP contribution in [0.15, 0.2) is 28.8 Å². The zero-order chi connectivity index (χ0) is 15.2. The average molecular weight is 309 g/mol. The van der Waals surface area contributed by atoms with Crippen LogP contribution in [0.5, 0.6) is 0 Å². The van der Waals surface area contributed by atoms with E-state index in [4.69, 9.17) is 9.51 Å². The SMILES string of the molecule is c1ccc2[nH]c([C@@H]3CCCN(c4nc(C5CC5)no4)C3)nc2c1. The Balaban J connectivity index is 1.38. The van der Waals surface area contributed by atoms with E-state index >= 15 is 0 Å². The van der Waals surface area contributed by atoms with Crippen LogP contribution in [0.1, 0.15) is 49.2 Å². The van der Waals surface area contributed by atoms with Gasteiger partial charge in [0.1, 0.15) is 5.82 Å². The third-order valence-corrected chi connectivity index (χ3v) is 4.86. The summed E-state index contributed by atoms with van der Waals surface area (Å²) >= 11 is 0. The van der Waals surface area contributed by atoms with Crippen molar-refractivity contribution in [2.24, 2.45) is 0 Å². The maximum Gasteiger partial charge on any atom is 0.324 e. The fraction of sp³-hybridized carbons (Fsp3) is 0.471. The second-order valence-electron chi connectivity index (χ2n) is 6.63. The Morgan fingerprint density at radius 1 is 1.09 bits per heavy atom. The molecule has 118 valence electrons. The molecule has 1 saturated heterocycles. The number of hydrogen-bond acceptors (Lipinski definition) is 5. The van der Waals surface area contributed by atoms with Crippen molar-refractivity contribution in [1.82, 2.24) is 20.1 Å². The Labute approximate surface area is 133 Å². The standard InChI is InChI=1S/C17H19N5O/c1-2-6-14-13(5-1)18-15(19-14)12-4-3-9-22(10-12)17-20-16(21-23-17)11-7-8-11/h1-2,5-6,11-12H,3-4,7-10H2,(H,18,19)/t12-/m1/s1. The van der Waals surface area contributed by atoms with E-state index in [0.717, 1.165) is 48.6 Å². The molecule has 0 radical (unpaired) electrons. The molecule has 0 spiro atoms. The summed E-state index contributed by atoms with van der Waals surface area (Å²) in [6.45, 7) is 1.86. The highest BCUT2D eigenvalue weighted by Gasteiger charge is 2.31. The Kier molecular flexibility index (Phi) is 2.89. The van der Waals surface area contributed by atoms with Gasteiger partial charge in [-0.3, -0.25) is 0 Å². The largest absolute Gasteiger partial charge is 0.342 e. The van der Waals surface area contributed by atoms with Gasteiger partial charge in [-0.05, 0) is 37.8 Å². The van der Waals surface area contributed by atoms with Crippen LogP contribution < -0.4 is 4.90 Å². The van der Waals surface area contributed by atoms with Gasteiger partial charge in [0.2, 0.25) is 0 Å². The molecule has 1 aliphatic carbocycles. The summed E-state index contributed by atoms with van der Waals surface area (Å²) in [6.07, 6.45) is 4.64. The number of aromatic amines is 1. The second-order valence-corrected chi connectivity index (χ2v) is 6.63. The van der Waals surface area contributed by atoms with Gasteiger partial charge < -0.3 is 14.4 Å². The maximum absolute atomic E-state index is 5.48. The molecule has 0 bridgehead atoms. The third kappa shape index (κ3) is 2.38. The van der Waals surface area contributed by atoms with E-state index in [1.165, 1.54) is 12.8 Å². The molecule has 1 N–H and O–H groups in total. The molecule has 6 heteroatoms. The van der Waals surface area contributed by atoms with Gasteiger partial charge in [0.25, 0.3) is 0 Å². The molecule has 3 aromatic rings. The Hall–Kier alpha value is -2.37. The minimum absolute atomic E-state index is 0.382. The van der Waals surface area contributed by atoms with E-state index in [1.807, 2.05) is 12.1 Å². The van der Waals surface area contributed by atoms with Crippen LogP contribution >= 0.6 is 0 Å². The van der Waals surface area contributed by atoms with Crippen molar-refractivity contribution in [3.8, 4) is 0 Å². The van der Waals surface area contributed by atoms with Crippen LogP contribution in [0, 0.1) is 0 Å². The minimum atomic E-state index is 0.382. The van der Waals surface area contributed by atoms with E-state index in [0.29, 0.717) is 17.9 Å². The van der Waals surface area contributed by atoms with E-state index < -0.39 is 0 Å². The number of aromatic nitrogens is 4. The van der Waals surface area contributed by atoms with Gasteiger partial charge in [0, 0.05) is 24.9 Å². The van der Waals surface area contributed by atoms with Crippen LogP contribution in [0.3, 0.4) is 0 Å². The molecule has 2 fully saturated rings. The predicted molar refractivity (Wildman–Crippen MR) is 86.6 cm³/mol. The van der Waals surface area contributed by atoms with Crippen molar-refractivity contribution in [2.75, 3.05) is 18.0 Å². The van der Waals surface area contributed by atoms with Crippen LogP contribution in [0.25, 0.3) is 11.0 Å². The first-order chi connectivity index (χ1) is 11.4. The van der Waals surface area contributed by atoms with Gasteiger partial charge >= 0.3 is 6.01 Å². The van der Waals surface area contributed by atoms with Crippen molar-refractivity contribution < 1.29 is 4.52 Å². The number of benzene rings is 1. The second kappa shape index (κ2) is 5.08. The van der Waals surface area contributed by atoms with Gasteiger partial charge in [-0.25, -0.2) is 4.98 Å². The molecule has 1 saturated carbocycles. The summed E-state index contributed by atoms with van der Waals surface area (Å²) in [6, 6.07) is 8.86. The number of nitrogens with zero attached hydrogens (tertiary/aromatic N) is 4. The number of fused-ring (bicyclic) bond motifs is 1. The molecular weight excluding hydrogens is 290 g/mol. The number of H-pyrrole nitrogens is 1. The lowest BCUT2D eigenvalue weighted by molar-refractivity contribution is 0.386. The lowest BCUT2D eigenvalue weighted by atomic mass is 9.98. The van der Waals surface area contributed by atoms with Gasteiger partial charge in [-0.1, -0.05) is 17.3 Å². The number of imidazole rings is 1. The number of rotatable bonds is 3. The summed E-state index contributed by atoms with van der Waals surface area (Å²) in [5.74, 6) is 2.86. The van der Waals surface area contributed by atoms with Crippen molar-refractivity contribution >= 4 is 17.0 Å². The van der Waals surface area contributed by atoms with Crippen molar-refractivity contribution in [2.45, 2.75) is 37.5 Å². The van der Waals surface area contributed by atoms with Crippen LogP contribution in [-0.4, -0.2) is 33.2 Å². The molecule has 5 rings (SSSR count). The average Bonchev–Trinajstić information content (AvgIpc) is 3.17. The van der Waals surface area contributed by atoms with Gasteiger partial charge in [-0.15, -0.1) is 0 Å². The Bertz CT molecular complexity index is 801. The molecule has 1 aromatic carbocycles. The molecule has 23 heavy (non-hydrogen) atoms. The number of hydrogen-bond donors (Lipinski definition) is 1. The van der Waals surface area contributed by atoms with Crippen molar-refractivity contribution in [3.63, 3.8) is 0 Å². The zero-order valence-electron chi connectivity index (χ0n) is 12.9.